The number of anilines is 1. The second kappa shape index (κ2) is 5.37. The molecule has 0 amide bonds. The van der Waals surface area contributed by atoms with E-state index in [1.807, 2.05) is 12.3 Å². The summed E-state index contributed by atoms with van der Waals surface area (Å²) in [4.78, 5) is 9.13. The molecule has 6 heteroatoms. The normalized spacial score (nSPS) is 10.5. The van der Waals surface area contributed by atoms with Crippen molar-refractivity contribution in [3.05, 3.63) is 36.1 Å². The Balaban J connectivity index is 2.26. The molecule has 3 nitrogen and oxygen atoms in total. The van der Waals surface area contributed by atoms with Crippen LogP contribution in [0.15, 0.2) is 45.4 Å². The highest BCUT2D eigenvalue weighted by Crippen LogP contribution is 2.28. The summed E-state index contributed by atoms with van der Waals surface area (Å²) >= 11 is 2.78. The minimum absolute atomic E-state index is 0.262. The van der Waals surface area contributed by atoms with Gasteiger partial charge in [-0.15, -0.1) is 0 Å². The summed E-state index contributed by atoms with van der Waals surface area (Å²) in [5.41, 5.74) is 5.67. The van der Waals surface area contributed by atoms with E-state index in [1.165, 1.54) is 35.7 Å². The van der Waals surface area contributed by atoms with Crippen molar-refractivity contribution in [1.29, 1.82) is 0 Å². The summed E-state index contributed by atoms with van der Waals surface area (Å²) in [6.07, 6.45) is 1.88. The molecule has 0 aliphatic rings. The molecular formula is C11H10FN3S2. The minimum Gasteiger partial charge on any atom is -0.384 e. The number of nitrogens with zero attached hydrogens (tertiary/aromatic N) is 2. The molecule has 17 heavy (non-hydrogen) atoms. The van der Waals surface area contributed by atoms with E-state index in [4.69, 9.17) is 5.73 Å². The quantitative estimate of drug-likeness (QED) is 0.526. The van der Waals surface area contributed by atoms with Gasteiger partial charge in [0.25, 0.3) is 0 Å². The highest BCUT2D eigenvalue weighted by molar-refractivity contribution is 7.99. The lowest BCUT2D eigenvalue weighted by atomic mass is 10.4. The molecule has 1 heterocycles. The number of nitrogen functional groups attached to an aromatic ring is 1. The number of aromatic nitrogens is 2. The van der Waals surface area contributed by atoms with Crippen LogP contribution in [0.25, 0.3) is 0 Å². The first-order valence-corrected chi connectivity index (χ1v) is 6.83. The van der Waals surface area contributed by atoms with Crippen LogP contribution in [0.5, 0.6) is 0 Å². The first-order valence-electron chi connectivity index (χ1n) is 4.79. The maximum atomic E-state index is 13.0. The molecule has 1 aromatic carbocycles. The Morgan fingerprint density at radius 2 is 2.06 bits per heavy atom. The van der Waals surface area contributed by atoms with Crippen molar-refractivity contribution >= 4 is 29.3 Å². The average Bonchev–Trinajstić information content (AvgIpc) is 2.28. The number of hydrogen-bond acceptors (Lipinski definition) is 5. The van der Waals surface area contributed by atoms with Crippen molar-refractivity contribution in [2.45, 2.75) is 15.1 Å². The molecule has 2 N–H and O–H groups in total. The number of benzene rings is 1. The van der Waals surface area contributed by atoms with Gasteiger partial charge in [0.1, 0.15) is 16.7 Å². The van der Waals surface area contributed by atoms with Crippen LogP contribution in [0, 0.1) is 5.82 Å². The summed E-state index contributed by atoms with van der Waals surface area (Å²) in [5.74, 6) is 0.158. The first kappa shape index (κ1) is 12.2. The Kier molecular flexibility index (Phi) is 3.86. The summed E-state index contributed by atoms with van der Waals surface area (Å²) in [6, 6.07) is 8.03. The highest BCUT2D eigenvalue weighted by Gasteiger charge is 2.04. The number of rotatable bonds is 3. The molecule has 88 valence electrons. The third-order valence-electron chi connectivity index (χ3n) is 1.90. The standard InChI is InChI=1S/C11H10FN3S2/c1-16-11-14-9(13)6-10(15-11)17-8-4-2-3-7(12)5-8/h2-6H,1H3,(H2,13,14,15). The van der Waals surface area contributed by atoms with E-state index in [0.29, 0.717) is 16.0 Å². The van der Waals surface area contributed by atoms with Gasteiger partial charge in [0.2, 0.25) is 0 Å². The van der Waals surface area contributed by atoms with Gasteiger partial charge in [-0.1, -0.05) is 29.6 Å². The van der Waals surface area contributed by atoms with Crippen molar-refractivity contribution in [1.82, 2.24) is 9.97 Å². The Labute approximate surface area is 107 Å². The zero-order chi connectivity index (χ0) is 12.3. The largest absolute Gasteiger partial charge is 0.384 e. The monoisotopic (exact) mass is 267 g/mol. The van der Waals surface area contributed by atoms with Crippen molar-refractivity contribution < 1.29 is 4.39 Å². The van der Waals surface area contributed by atoms with Crippen molar-refractivity contribution in [3.8, 4) is 0 Å². The SMILES string of the molecule is CSc1nc(N)cc(Sc2cccc(F)c2)n1. The fraction of sp³-hybridized carbons (Fsp3) is 0.0909. The molecule has 2 rings (SSSR count). The summed E-state index contributed by atoms with van der Waals surface area (Å²) in [7, 11) is 0. The van der Waals surface area contributed by atoms with Crippen LogP contribution in [-0.2, 0) is 0 Å². The Hall–Kier alpha value is -1.27. The van der Waals surface area contributed by atoms with Crippen LogP contribution < -0.4 is 5.73 Å². The van der Waals surface area contributed by atoms with Crippen LogP contribution in [0.3, 0.4) is 0 Å². The summed E-state index contributed by atoms with van der Waals surface area (Å²) in [5, 5.41) is 1.33. The van der Waals surface area contributed by atoms with Gasteiger partial charge in [0, 0.05) is 11.0 Å². The van der Waals surface area contributed by atoms with E-state index in [2.05, 4.69) is 9.97 Å². The van der Waals surface area contributed by atoms with E-state index < -0.39 is 0 Å². The lowest BCUT2D eigenvalue weighted by molar-refractivity contribution is 0.624. The van der Waals surface area contributed by atoms with Gasteiger partial charge in [-0.2, -0.15) is 0 Å². The molecule has 0 fully saturated rings. The lowest BCUT2D eigenvalue weighted by Crippen LogP contribution is -1.95. The molecule has 0 bridgehead atoms. The maximum absolute atomic E-state index is 13.0. The van der Waals surface area contributed by atoms with Crippen molar-refractivity contribution in [2.75, 3.05) is 12.0 Å². The topological polar surface area (TPSA) is 51.8 Å². The first-order chi connectivity index (χ1) is 8.17. The van der Waals surface area contributed by atoms with Crippen LogP contribution in [0.1, 0.15) is 0 Å². The van der Waals surface area contributed by atoms with E-state index in [0.717, 1.165) is 4.90 Å². The summed E-state index contributed by atoms with van der Waals surface area (Å²) in [6.45, 7) is 0. The van der Waals surface area contributed by atoms with Gasteiger partial charge in [-0.3, -0.25) is 0 Å². The molecule has 1 aromatic heterocycles. The van der Waals surface area contributed by atoms with Crippen molar-refractivity contribution in [3.63, 3.8) is 0 Å². The third kappa shape index (κ3) is 3.34. The smallest absolute Gasteiger partial charge is 0.190 e. The van der Waals surface area contributed by atoms with Gasteiger partial charge >= 0.3 is 0 Å². The number of thioether (sulfide) groups is 1. The predicted octanol–water partition coefficient (Wildman–Crippen LogP) is 3.07. The Morgan fingerprint density at radius 1 is 1.24 bits per heavy atom. The zero-order valence-corrected chi connectivity index (χ0v) is 10.7. The van der Waals surface area contributed by atoms with E-state index in [1.54, 1.807) is 12.1 Å². The fourth-order valence-corrected chi connectivity index (χ4v) is 2.53. The van der Waals surface area contributed by atoms with Gasteiger partial charge in [-0.25, -0.2) is 14.4 Å². The molecular weight excluding hydrogens is 257 g/mol. The molecule has 0 aliphatic carbocycles. The molecule has 2 aromatic rings. The predicted molar refractivity (Wildman–Crippen MR) is 68.7 cm³/mol. The van der Waals surface area contributed by atoms with Crippen LogP contribution >= 0.6 is 23.5 Å². The highest BCUT2D eigenvalue weighted by atomic mass is 32.2. The molecule has 0 radical (unpaired) electrons. The Morgan fingerprint density at radius 3 is 2.76 bits per heavy atom. The molecule has 0 spiro atoms. The second-order valence-corrected chi connectivity index (χ2v) is 5.04. The van der Waals surface area contributed by atoms with Crippen molar-refractivity contribution in [2.24, 2.45) is 0 Å². The molecule has 0 aliphatic heterocycles. The average molecular weight is 267 g/mol. The molecule has 0 saturated carbocycles. The van der Waals surface area contributed by atoms with Gasteiger partial charge in [0.15, 0.2) is 5.16 Å². The molecule has 0 atom stereocenters. The van der Waals surface area contributed by atoms with Crippen LogP contribution in [0.2, 0.25) is 0 Å². The third-order valence-corrected chi connectivity index (χ3v) is 3.36. The van der Waals surface area contributed by atoms with E-state index >= 15 is 0 Å². The van der Waals surface area contributed by atoms with Gasteiger partial charge in [0.05, 0.1) is 0 Å². The number of halogens is 1. The van der Waals surface area contributed by atoms with Crippen LogP contribution in [0.4, 0.5) is 10.2 Å². The molecule has 0 unspecified atom stereocenters. The van der Waals surface area contributed by atoms with Gasteiger partial charge < -0.3 is 5.73 Å². The summed E-state index contributed by atoms with van der Waals surface area (Å²) < 4.78 is 13.0. The lowest BCUT2D eigenvalue weighted by Gasteiger charge is -2.03. The maximum Gasteiger partial charge on any atom is 0.190 e. The number of hydrogen-bond donors (Lipinski definition) is 1. The number of nitrogens with two attached hydrogens (primary N) is 1. The Bertz CT molecular complexity index is 534. The van der Waals surface area contributed by atoms with E-state index in [9.17, 15) is 4.39 Å². The van der Waals surface area contributed by atoms with Gasteiger partial charge in [-0.05, 0) is 24.5 Å². The minimum atomic E-state index is -0.262. The zero-order valence-electron chi connectivity index (χ0n) is 9.05. The van der Waals surface area contributed by atoms with E-state index in [-0.39, 0.29) is 5.82 Å². The second-order valence-electron chi connectivity index (χ2n) is 3.18. The molecule has 0 saturated heterocycles. The fourth-order valence-electron chi connectivity index (χ4n) is 1.22. The van der Waals surface area contributed by atoms with Crippen LogP contribution in [-0.4, -0.2) is 16.2 Å².